The number of carbonyl (C=O) groups excluding carboxylic acids is 1. The summed E-state index contributed by atoms with van der Waals surface area (Å²) in [5.74, 6) is 0.818. The van der Waals surface area contributed by atoms with Crippen molar-refractivity contribution in [2.45, 2.75) is 31.4 Å². The van der Waals surface area contributed by atoms with Crippen LogP contribution in [0.25, 0.3) is 0 Å². The van der Waals surface area contributed by atoms with Crippen LogP contribution in [-0.2, 0) is 11.2 Å². The van der Waals surface area contributed by atoms with Gasteiger partial charge in [-0.25, -0.2) is 0 Å². The average Bonchev–Trinajstić information content (AvgIpc) is 2.90. The van der Waals surface area contributed by atoms with Crippen LogP contribution in [0.3, 0.4) is 0 Å². The third-order valence-corrected chi connectivity index (χ3v) is 6.23. The number of likely N-dealkylation sites (N-methyl/N-ethyl adjacent to an activating group) is 1. The van der Waals surface area contributed by atoms with Crippen LogP contribution in [0.4, 0.5) is 0 Å². The standard InChI is InChI=1S/C28H33NO5/c1-19(26(30)21-14-10-7-11-15-21)29(2)28(31)23(16-20-12-8-6-9-13-20)22-17-24(32-3)27(34-5)25(18-22)33-4/h6-15,17-19,23,26,30H,16H2,1-5H3/t19-,23-,26?/m0/s1. The highest BCUT2D eigenvalue weighted by atomic mass is 16.5. The lowest BCUT2D eigenvalue weighted by molar-refractivity contribution is -0.135. The van der Waals surface area contributed by atoms with Gasteiger partial charge in [-0.1, -0.05) is 60.7 Å². The number of hydrogen-bond donors (Lipinski definition) is 1. The number of rotatable bonds is 10. The van der Waals surface area contributed by atoms with E-state index >= 15 is 0 Å². The van der Waals surface area contributed by atoms with Gasteiger partial charge in [-0.2, -0.15) is 0 Å². The van der Waals surface area contributed by atoms with E-state index in [9.17, 15) is 9.90 Å². The van der Waals surface area contributed by atoms with Gasteiger partial charge in [-0.3, -0.25) is 4.79 Å². The number of hydrogen-bond acceptors (Lipinski definition) is 5. The van der Waals surface area contributed by atoms with Crippen molar-refractivity contribution in [3.63, 3.8) is 0 Å². The molecule has 0 saturated carbocycles. The Morgan fingerprint density at radius 1 is 0.853 bits per heavy atom. The maximum atomic E-state index is 13.9. The number of benzene rings is 3. The molecule has 0 bridgehead atoms. The van der Waals surface area contributed by atoms with E-state index in [-0.39, 0.29) is 5.91 Å². The number of carbonyl (C=O) groups is 1. The van der Waals surface area contributed by atoms with Crippen LogP contribution < -0.4 is 14.2 Å². The van der Waals surface area contributed by atoms with Crippen LogP contribution >= 0.6 is 0 Å². The van der Waals surface area contributed by atoms with Gasteiger partial charge in [0, 0.05) is 7.05 Å². The van der Waals surface area contributed by atoms with E-state index in [1.54, 1.807) is 33.3 Å². The molecule has 3 atom stereocenters. The van der Waals surface area contributed by atoms with Crippen molar-refractivity contribution < 1.29 is 24.1 Å². The Labute approximate surface area is 201 Å². The first-order valence-corrected chi connectivity index (χ1v) is 11.2. The van der Waals surface area contributed by atoms with Crippen LogP contribution in [0.5, 0.6) is 17.2 Å². The van der Waals surface area contributed by atoms with Crippen molar-refractivity contribution in [2.75, 3.05) is 28.4 Å². The highest BCUT2D eigenvalue weighted by molar-refractivity contribution is 5.85. The van der Waals surface area contributed by atoms with Gasteiger partial charge in [0.25, 0.3) is 0 Å². The van der Waals surface area contributed by atoms with Crippen molar-refractivity contribution in [2.24, 2.45) is 0 Å². The average molecular weight is 464 g/mol. The maximum Gasteiger partial charge on any atom is 0.230 e. The first-order valence-electron chi connectivity index (χ1n) is 11.2. The zero-order valence-corrected chi connectivity index (χ0v) is 20.4. The fraction of sp³-hybridized carbons (Fsp3) is 0.321. The van der Waals surface area contributed by atoms with Crippen LogP contribution in [0.1, 0.15) is 35.6 Å². The van der Waals surface area contributed by atoms with Gasteiger partial charge in [0.05, 0.1) is 39.4 Å². The molecule has 0 aliphatic rings. The van der Waals surface area contributed by atoms with Crippen LogP contribution in [0, 0.1) is 0 Å². The van der Waals surface area contributed by atoms with Gasteiger partial charge in [0.1, 0.15) is 0 Å². The van der Waals surface area contributed by atoms with E-state index in [4.69, 9.17) is 14.2 Å². The Bertz CT molecular complexity index is 1050. The molecule has 0 heterocycles. The molecule has 0 saturated heterocycles. The smallest absolute Gasteiger partial charge is 0.230 e. The van der Waals surface area contributed by atoms with E-state index < -0.39 is 18.1 Å². The van der Waals surface area contributed by atoms with Gasteiger partial charge < -0.3 is 24.2 Å². The minimum absolute atomic E-state index is 0.111. The predicted octanol–water partition coefficient (Wildman–Crippen LogP) is 4.62. The molecule has 3 aromatic rings. The molecule has 3 aromatic carbocycles. The zero-order chi connectivity index (χ0) is 24.7. The number of amides is 1. The largest absolute Gasteiger partial charge is 0.493 e. The second-order valence-corrected chi connectivity index (χ2v) is 8.25. The second kappa shape index (κ2) is 11.6. The van der Waals surface area contributed by atoms with Gasteiger partial charge in [0.2, 0.25) is 11.7 Å². The fourth-order valence-corrected chi connectivity index (χ4v) is 4.09. The molecule has 1 N–H and O–H groups in total. The number of aliphatic hydroxyl groups excluding tert-OH is 1. The molecule has 1 amide bonds. The summed E-state index contributed by atoms with van der Waals surface area (Å²) < 4.78 is 16.5. The summed E-state index contributed by atoms with van der Waals surface area (Å²) in [4.78, 5) is 15.5. The normalized spacial score (nSPS) is 13.5. The molecular weight excluding hydrogens is 430 g/mol. The predicted molar refractivity (Wildman–Crippen MR) is 133 cm³/mol. The molecular formula is C28H33NO5. The first-order chi connectivity index (χ1) is 16.4. The summed E-state index contributed by atoms with van der Waals surface area (Å²) in [6, 6.07) is 22.4. The van der Waals surface area contributed by atoms with Gasteiger partial charge in [0.15, 0.2) is 11.5 Å². The topological polar surface area (TPSA) is 68.2 Å². The lowest BCUT2D eigenvalue weighted by Crippen LogP contribution is -2.42. The molecule has 34 heavy (non-hydrogen) atoms. The third kappa shape index (κ3) is 5.51. The summed E-state index contributed by atoms with van der Waals surface area (Å²) in [7, 11) is 6.39. The Morgan fingerprint density at radius 2 is 1.38 bits per heavy atom. The third-order valence-electron chi connectivity index (χ3n) is 6.23. The number of methoxy groups -OCH3 is 3. The molecule has 0 aliphatic heterocycles. The van der Waals surface area contributed by atoms with E-state index in [2.05, 4.69) is 0 Å². The van der Waals surface area contributed by atoms with E-state index in [1.807, 2.05) is 79.7 Å². The Morgan fingerprint density at radius 3 is 1.88 bits per heavy atom. The SMILES string of the molecule is COc1cc([C@H](Cc2ccccc2)C(=O)N(C)[C@@H](C)C(O)c2ccccc2)cc(OC)c1OC. The van der Waals surface area contributed by atoms with Crippen molar-refractivity contribution in [1.29, 1.82) is 0 Å². The number of aliphatic hydroxyl groups is 1. The highest BCUT2D eigenvalue weighted by Gasteiger charge is 2.31. The summed E-state index contributed by atoms with van der Waals surface area (Å²) in [6.45, 7) is 1.85. The minimum Gasteiger partial charge on any atom is -0.493 e. The van der Waals surface area contributed by atoms with E-state index in [0.717, 1.165) is 16.7 Å². The van der Waals surface area contributed by atoms with Gasteiger partial charge in [-0.05, 0) is 42.2 Å². The molecule has 0 aliphatic carbocycles. The van der Waals surface area contributed by atoms with E-state index in [0.29, 0.717) is 23.7 Å². The zero-order valence-electron chi connectivity index (χ0n) is 20.4. The summed E-state index contributed by atoms with van der Waals surface area (Å²) in [6.07, 6.45) is -0.330. The summed E-state index contributed by atoms with van der Waals surface area (Å²) in [5.41, 5.74) is 2.54. The Kier molecular flexibility index (Phi) is 8.55. The van der Waals surface area contributed by atoms with Crippen LogP contribution in [0.2, 0.25) is 0 Å². The fourth-order valence-electron chi connectivity index (χ4n) is 4.09. The molecule has 0 fully saturated rings. The van der Waals surface area contributed by atoms with Crippen LogP contribution in [0.15, 0.2) is 72.8 Å². The molecule has 0 radical (unpaired) electrons. The summed E-state index contributed by atoms with van der Waals surface area (Å²) >= 11 is 0. The molecule has 3 rings (SSSR count). The maximum absolute atomic E-state index is 13.9. The lowest BCUT2D eigenvalue weighted by Gasteiger charge is -2.32. The minimum atomic E-state index is -0.813. The molecule has 180 valence electrons. The number of ether oxygens (including phenoxy) is 3. The summed E-state index contributed by atoms with van der Waals surface area (Å²) in [5, 5.41) is 10.9. The van der Waals surface area contributed by atoms with Crippen molar-refractivity contribution in [3.05, 3.63) is 89.5 Å². The molecule has 1 unspecified atom stereocenters. The molecule has 6 nitrogen and oxygen atoms in total. The Hall–Kier alpha value is -3.51. The molecule has 0 aromatic heterocycles. The lowest BCUT2D eigenvalue weighted by atomic mass is 9.89. The first kappa shape index (κ1) is 25.1. The Balaban J connectivity index is 2.00. The quantitative estimate of drug-likeness (QED) is 0.475. The molecule has 6 heteroatoms. The van der Waals surface area contributed by atoms with Gasteiger partial charge in [-0.15, -0.1) is 0 Å². The second-order valence-electron chi connectivity index (χ2n) is 8.25. The van der Waals surface area contributed by atoms with Crippen molar-refractivity contribution in [1.82, 2.24) is 4.90 Å². The number of nitrogens with zero attached hydrogens (tertiary/aromatic N) is 1. The van der Waals surface area contributed by atoms with E-state index in [1.165, 1.54) is 0 Å². The van der Waals surface area contributed by atoms with Crippen molar-refractivity contribution >= 4 is 5.91 Å². The highest BCUT2D eigenvalue weighted by Crippen LogP contribution is 2.41. The monoisotopic (exact) mass is 463 g/mol. The van der Waals surface area contributed by atoms with Crippen molar-refractivity contribution in [3.8, 4) is 17.2 Å². The molecule has 0 spiro atoms. The van der Waals surface area contributed by atoms with Crippen LogP contribution in [-0.4, -0.2) is 50.3 Å². The van der Waals surface area contributed by atoms with Gasteiger partial charge >= 0.3 is 0 Å².